The highest BCUT2D eigenvalue weighted by atomic mass is 19.1. The number of benzene rings is 1. The smallest absolute Gasteiger partial charge is 0.241 e. The second kappa shape index (κ2) is 6.32. The minimum atomic E-state index is -0.662. The zero-order valence-electron chi connectivity index (χ0n) is 10.0. The van der Waals surface area contributed by atoms with Crippen LogP contribution in [0.4, 0.5) is 4.39 Å². The third-order valence-electron chi connectivity index (χ3n) is 2.37. The third-order valence-corrected chi connectivity index (χ3v) is 2.37. The molecule has 0 saturated heterocycles. The first kappa shape index (κ1) is 13.6. The number of carbonyl (C=O) groups is 1. The van der Waals surface area contributed by atoms with Gasteiger partial charge >= 0.3 is 0 Å². The fourth-order valence-electron chi connectivity index (χ4n) is 1.48. The Morgan fingerprint density at radius 3 is 2.59 bits per heavy atom. The molecule has 1 aromatic rings. The maximum absolute atomic E-state index is 12.7. The van der Waals surface area contributed by atoms with Crippen molar-refractivity contribution in [2.75, 3.05) is 20.8 Å². The minimum absolute atomic E-state index is 0.187. The van der Waals surface area contributed by atoms with Crippen LogP contribution in [0.3, 0.4) is 0 Å². The van der Waals surface area contributed by atoms with Gasteiger partial charge in [0.2, 0.25) is 5.91 Å². The van der Waals surface area contributed by atoms with Crippen LogP contribution < -0.4 is 5.73 Å². The molecular formula is C12H17FN2O2. The van der Waals surface area contributed by atoms with Crippen molar-refractivity contribution in [1.82, 2.24) is 4.90 Å². The molecule has 1 aromatic carbocycles. The lowest BCUT2D eigenvalue weighted by Gasteiger charge is -2.21. The number of hydrogen-bond donors (Lipinski definition) is 1. The van der Waals surface area contributed by atoms with Gasteiger partial charge in [-0.1, -0.05) is 12.1 Å². The number of amides is 1. The Labute approximate surface area is 100 Å². The molecule has 0 aliphatic rings. The molecule has 0 aliphatic heterocycles. The highest BCUT2D eigenvalue weighted by molar-refractivity contribution is 5.81. The van der Waals surface area contributed by atoms with E-state index < -0.39 is 6.04 Å². The summed E-state index contributed by atoms with van der Waals surface area (Å²) in [6.45, 7) is 0.586. The Bertz CT molecular complexity index is 367. The van der Waals surface area contributed by atoms with Crippen molar-refractivity contribution < 1.29 is 13.9 Å². The van der Waals surface area contributed by atoms with Crippen molar-refractivity contribution in [3.8, 4) is 0 Å². The van der Waals surface area contributed by atoms with Crippen LogP contribution in [0.1, 0.15) is 5.56 Å². The minimum Gasteiger partial charge on any atom is -0.383 e. The Morgan fingerprint density at radius 2 is 2.06 bits per heavy atom. The lowest BCUT2D eigenvalue weighted by molar-refractivity contribution is -0.132. The van der Waals surface area contributed by atoms with E-state index in [1.165, 1.54) is 24.1 Å². The van der Waals surface area contributed by atoms with Gasteiger partial charge in [-0.05, 0) is 17.7 Å². The first-order chi connectivity index (χ1) is 8.04. The van der Waals surface area contributed by atoms with E-state index in [0.717, 1.165) is 5.56 Å². The second-order valence-electron chi connectivity index (χ2n) is 3.88. The topological polar surface area (TPSA) is 55.6 Å². The molecule has 1 unspecified atom stereocenters. The predicted molar refractivity (Wildman–Crippen MR) is 62.7 cm³/mol. The maximum atomic E-state index is 12.7. The molecule has 1 amide bonds. The molecule has 0 spiro atoms. The van der Waals surface area contributed by atoms with E-state index in [9.17, 15) is 9.18 Å². The van der Waals surface area contributed by atoms with Crippen molar-refractivity contribution in [2.45, 2.75) is 12.6 Å². The van der Waals surface area contributed by atoms with Crippen molar-refractivity contribution in [1.29, 1.82) is 0 Å². The lowest BCUT2D eigenvalue weighted by Crippen LogP contribution is -2.44. The van der Waals surface area contributed by atoms with Gasteiger partial charge in [0.05, 0.1) is 6.61 Å². The summed E-state index contributed by atoms with van der Waals surface area (Å²) in [6, 6.07) is 5.35. The van der Waals surface area contributed by atoms with E-state index in [-0.39, 0.29) is 18.3 Å². The molecule has 0 aromatic heterocycles. The lowest BCUT2D eigenvalue weighted by atomic mass is 10.2. The molecule has 5 heteroatoms. The molecule has 0 fully saturated rings. The molecule has 1 rings (SSSR count). The number of likely N-dealkylation sites (N-methyl/N-ethyl adjacent to an activating group) is 1. The summed E-state index contributed by atoms with van der Waals surface area (Å²) in [7, 11) is 3.15. The second-order valence-corrected chi connectivity index (χ2v) is 3.88. The van der Waals surface area contributed by atoms with Crippen molar-refractivity contribution >= 4 is 5.91 Å². The molecule has 2 N–H and O–H groups in total. The normalized spacial score (nSPS) is 12.2. The number of rotatable bonds is 5. The van der Waals surface area contributed by atoms with Gasteiger partial charge < -0.3 is 15.4 Å². The first-order valence-electron chi connectivity index (χ1n) is 5.28. The molecule has 0 bridgehead atoms. The zero-order valence-corrected chi connectivity index (χ0v) is 10.0. The predicted octanol–water partition coefficient (Wildman–Crippen LogP) is 0.758. The molecular weight excluding hydrogens is 223 g/mol. The van der Waals surface area contributed by atoms with Crippen LogP contribution in [0, 0.1) is 5.82 Å². The number of hydrogen-bond acceptors (Lipinski definition) is 3. The van der Waals surface area contributed by atoms with Gasteiger partial charge in [0.25, 0.3) is 0 Å². The highest BCUT2D eigenvalue weighted by Crippen LogP contribution is 2.06. The van der Waals surface area contributed by atoms with Gasteiger partial charge in [-0.15, -0.1) is 0 Å². The summed E-state index contributed by atoms with van der Waals surface area (Å²) in [4.78, 5) is 13.2. The van der Waals surface area contributed by atoms with Crippen LogP contribution in [0.15, 0.2) is 24.3 Å². The molecule has 4 nitrogen and oxygen atoms in total. The van der Waals surface area contributed by atoms with Gasteiger partial charge in [-0.3, -0.25) is 4.79 Å². The SMILES string of the molecule is COCC(N)C(=O)N(C)Cc1ccc(F)cc1. The molecule has 1 atom stereocenters. The van der Waals surface area contributed by atoms with E-state index in [2.05, 4.69) is 0 Å². The van der Waals surface area contributed by atoms with Gasteiger partial charge in [-0.25, -0.2) is 4.39 Å². The maximum Gasteiger partial charge on any atom is 0.241 e. The number of halogens is 1. The van der Waals surface area contributed by atoms with E-state index >= 15 is 0 Å². The summed E-state index contributed by atoms with van der Waals surface area (Å²) in [6.07, 6.45) is 0. The quantitative estimate of drug-likeness (QED) is 0.826. The Morgan fingerprint density at radius 1 is 1.47 bits per heavy atom. The highest BCUT2D eigenvalue weighted by Gasteiger charge is 2.17. The Balaban J connectivity index is 2.56. The largest absolute Gasteiger partial charge is 0.383 e. The van der Waals surface area contributed by atoms with Crippen molar-refractivity contribution in [3.63, 3.8) is 0 Å². The van der Waals surface area contributed by atoms with E-state index in [0.29, 0.717) is 6.54 Å². The van der Waals surface area contributed by atoms with Crippen LogP contribution in [0.25, 0.3) is 0 Å². The number of carbonyl (C=O) groups excluding carboxylic acids is 1. The zero-order chi connectivity index (χ0) is 12.8. The summed E-state index contributed by atoms with van der Waals surface area (Å²) in [5, 5.41) is 0. The number of ether oxygens (including phenoxy) is 1. The van der Waals surface area contributed by atoms with Crippen LogP contribution in [-0.2, 0) is 16.1 Å². The van der Waals surface area contributed by atoms with E-state index in [1.54, 1.807) is 19.2 Å². The molecule has 0 radical (unpaired) electrons. The van der Waals surface area contributed by atoms with Gasteiger partial charge in [0.1, 0.15) is 11.9 Å². The summed E-state index contributed by atoms with van der Waals surface area (Å²) < 4.78 is 17.5. The number of methoxy groups -OCH3 is 1. The molecule has 94 valence electrons. The fourth-order valence-corrected chi connectivity index (χ4v) is 1.48. The Hall–Kier alpha value is -1.46. The summed E-state index contributed by atoms with van der Waals surface area (Å²) in [5.41, 5.74) is 6.48. The van der Waals surface area contributed by atoms with Crippen LogP contribution in [-0.4, -0.2) is 37.6 Å². The first-order valence-corrected chi connectivity index (χ1v) is 5.28. The van der Waals surface area contributed by atoms with E-state index in [1.807, 2.05) is 0 Å². The standard InChI is InChI=1S/C12H17FN2O2/c1-15(12(16)11(14)8-17-2)7-9-3-5-10(13)6-4-9/h3-6,11H,7-8,14H2,1-2H3. The monoisotopic (exact) mass is 240 g/mol. The molecule has 0 heterocycles. The van der Waals surface area contributed by atoms with Crippen molar-refractivity contribution in [2.24, 2.45) is 5.73 Å². The van der Waals surface area contributed by atoms with E-state index in [4.69, 9.17) is 10.5 Å². The van der Waals surface area contributed by atoms with Crippen LogP contribution >= 0.6 is 0 Å². The van der Waals surface area contributed by atoms with Crippen molar-refractivity contribution in [3.05, 3.63) is 35.6 Å². The third kappa shape index (κ3) is 4.13. The Kier molecular flexibility index (Phi) is 5.06. The fraction of sp³-hybridized carbons (Fsp3) is 0.417. The summed E-state index contributed by atoms with van der Waals surface area (Å²) >= 11 is 0. The number of nitrogens with two attached hydrogens (primary N) is 1. The van der Waals surface area contributed by atoms with Gasteiger partial charge in [0, 0.05) is 20.7 Å². The van der Waals surface area contributed by atoms with Gasteiger partial charge in [-0.2, -0.15) is 0 Å². The number of nitrogens with zero attached hydrogens (tertiary/aromatic N) is 1. The molecule has 0 saturated carbocycles. The average Bonchev–Trinajstić information content (AvgIpc) is 2.31. The van der Waals surface area contributed by atoms with Crippen LogP contribution in [0.5, 0.6) is 0 Å². The summed E-state index contributed by atoms with van der Waals surface area (Å²) in [5.74, 6) is -0.491. The molecule has 0 aliphatic carbocycles. The molecule has 17 heavy (non-hydrogen) atoms. The average molecular weight is 240 g/mol. The van der Waals surface area contributed by atoms with Gasteiger partial charge in [0.15, 0.2) is 0 Å². The van der Waals surface area contributed by atoms with Crippen LogP contribution in [0.2, 0.25) is 0 Å².